The van der Waals surface area contributed by atoms with Crippen LogP contribution in [0.3, 0.4) is 0 Å². The van der Waals surface area contributed by atoms with Crippen molar-refractivity contribution >= 4 is 33.0 Å². The normalized spacial score (nSPS) is 20.9. The summed E-state index contributed by atoms with van der Waals surface area (Å²) in [6, 6.07) is 8.86. The molecule has 2 aliphatic rings. The summed E-state index contributed by atoms with van der Waals surface area (Å²) in [5, 5.41) is 4.41. The first kappa shape index (κ1) is 22.8. The highest BCUT2D eigenvalue weighted by atomic mass is 35.5. The van der Waals surface area contributed by atoms with Crippen LogP contribution in [-0.2, 0) is 14.6 Å². The number of halogens is 1. The van der Waals surface area contributed by atoms with Crippen molar-refractivity contribution in [2.75, 3.05) is 56.2 Å². The molecule has 0 spiro atoms. The van der Waals surface area contributed by atoms with Crippen LogP contribution in [0.2, 0.25) is 5.02 Å². The maximum Gasteiger partial charge on any atom is 0.292 e. The van der Waals surface area contributed by atoms with Crippen molar-refractivity contribution in [1.29, 1.82) is 0 Å². The molecule has 1 aromatic carbocycles. The number of carbonyl (C=O) groups is 1. The van der Waals surface area contributed by atoms with E-state index in [-0.39, 0.29) is 40.6 Å². The van der Waals surface area contributed by atoms with Crippen molar-refractivity contribution in [1.82, 2.24) is 19.6 Å². The minimum Gasteiger partial charge on any atom is -0.366 e. The van der Waals surface area contributed by atoms with E-state index in [0.717, 1.165) is 0 Å². The van der Waals surface area contributed by atoms with Crippen LogP contribution in [0.4, 0.5) is 5.69 Å². The summed E-state index contributed by atoms with van der Waals surface area (Å²) >= 11 is 6.40. The second-order valence-corrected chi connectivity index (χ2v) is 10.8. The molecule has 4 rings (SSSR count). The Morgan fingerprint density at radius 2 is 1.88 bits per heavy atom. The van der Waals surface area contributed by atoms with Crippen LogP contribution in [0.1, 0.15) is 6.42 Å². The smallest absolute Gasteiger partial charge is 0.292 e. The molecule has 0 aliphatic carbocycles. The van der Waals surface area contributed by atoms with Crippen LogP contribution >= 0.6 is 11.6 Å². The van der Waals surface area contributed by atoms with Gasteiger partial charge in [-0.3, -0.25) is 14.5 Å². The zero-order valence-electron chi connectivity index (χ0n) is 17.9. The first-order valence-corrected chi connectivity index (χ1v) is 12.7. The Kier molecular flexibility index (Phi) is 6.55. The Balaban J connectivity index is 1.36. The molecule has 11 heteroatoms. The van der Waals surface area contributed by atoms with Crippen LogP contribution in [0.15, 0.2) is 41.3 Å². The number of piperazine rings is 1. The van der Waals surface area contributed by atoms with E-state index in [0.29, 0.717) is 44.0 Å². The van der Waals surface area contributed by atoms with Gasteiger partial charge in [-0.05, 0) is 18.6 Å². The van der Waals surface area contributed by atoms with Crippen LogP contribution < -0.4 is 10.5 Å². The molecule has 3 heterocycles. The maximum absolute atomic E-state index is 12.7. The van der Waals surface area contributed by atoms with E-state index in [4.69, 9.17) is 11.6 Å². The van der Waals surface area contributed by atoms with Gasteiger partial charge in [0.2, 0.25) is 5.91 Å². The highest BCUT2D eigenvalue weighted by Crippen LogP contribution is 2.23. The van der Waals surface area contributed by atoms with Gasteiger partial charge >= 0.3 is 0 Å². The van der Waals surface area contributed by atoms with E-state index in [1.54, 1.807) is 30.3 Å². The number of nitrogens with zero attached hydrogens (tertiary/aromatic N) is 5. The number of anilines is 1. The number of hydrogen-bond acceptors (Lipinski definition) is 7. The molecule has 2 aromatic rings. The standard InChI is InChI=1S/C21H26ClN5O4S/c1-24(17-7-12-32(30,31)15-17)19(28)14-25-8-10-26(11-9-25)18-13-23-27(21(29)20(18)22)16-5-3-2-4-6-16/h2-6,13,17H,7-12,14-15H2,1H3/t17-/m1/s1. The van der Waals surface area contributed by atoms with Gasteiger partial charge in [-0.15, -0.1) is 0 Å². The Morgan fingerprint density at radius 3 is 2.50 bits per heavy atom. The minimum atomic E-state index is -3.03. The summed E-state index contributed by atoms with van der Waals surface area (Å²) in [4.78, 5) is 31.0. The van der Waals surface area contributed by atoms with Gasteiger partial charge in [0, 0.05) is 39.3 Å². The average Bonchev–Trinajstić information content (AvgIpc) is 3.16. The van der Waals surface area contributed by atoms with Gasteiger partial charge in [0.25, 0.3) is 5.56 Å². The van der Waals surface area contributed by atoms with Crippen LogP contribution in [0.5, 0.6) is 0 Å². The third kappa shape index (κ3) is 4.82. The van der Waals surface area contributed by atoms with E-state index >= 15 is 0 Å². The van der Waals surface area contributed by atoms with Gasteiger partial charge in [-0.25, -0.2) is 8.42 Å². The molecular weight excluding hydrogens is 454 g/mol. The van der Waals surface area contributed by atoms with Gasteiger partial charge in [0.15, 0.2) is 9.84 Å². The van der Waals surface area contributed by atoms with Gasteiger partial charge in [0.1, 0.15) is 5.02 Å². The molecule has 2 saturated heterocycles. The van der Waals surface area contributed by atoms with Crippen molar-refractivity contribution in [3.8, 4) is 5.69 Å². The molecule has 0 N–H and O–H groups in total. The van der Waals surface area contributed by atoms with Crippen molar-refractivity contribution in [3.05, 3.63) is 51.9 Å². The lowest BCUT2D eigenvalue weighted by molar-refractivity contribution is -0.132. The molecule has 0 unspecified atom stereocenters. The fraction of sp³-hybridized carbons (Fsp3) is 0.476. The van der Waals surface area contributed by atoms with Gasteiger partial charge in [-0.1, -0.05) is 29.8 Å². The number of hydrogen-bond donors (Lipinski definition) is 0. The zero-order chi connectivity index (χ0) is 22.9. The minimum absolute atomic E-state index is 0.0447. The number of para-hydroxylation sites is 1. The molecule has 32 heavy (non-hydrogen) atoms. The number of sulfone groups is 1. The Bertz CT molecular complexity index is 1150. The second-order valence-electron chi connectivity index (χ2n) is 8.22. The summed E-state index contributed by atoms with van der Waals surface area (Å²) in [6.07, 6.45) is 2.10. The summed E-state index contributed by atoms with van der Waals surface area (Å²) in [7, 11) is -1.36. The quantitative estimate of drug-likeness (QED) is 0.621. The van der Waals surface area contributed by atoms with Crippen LogP contribution in [0.25, 0.3) is 5.69 Å². The summed E-state index contributed by atoms with van der Waals surface area (Å²) in [5.74, 6) is 0.111. The van der Waals surface area contributed by atoms with Crippen LogP contribution in [0, 0.1) is 0 Å². The molecular formula is C21H26ClN5O4S. The maximum atomic E-state index is 12.7. The number of carbonyl (C=O) groups excluding carboxylic acids is 1. The lowest BCUT2D eigenvalue weighted by Crippen LogP contribution is -2.51. The van der Waals surface area contributed by atoms with E-state index in [9.17, 15) is 18.0 Å². The molecule has 2 fully saturated rings. The van der Waals surface area contributed by atoms with Crippen molar-refractivity contribution in [3.63, 3.8) is 0 Å². The van der Waals surface area contributed by atoms with Crippen LogP contribution in [-0.4, -0.2) is 91.2 Å². The number of benzene rings is 1. The lowest BCUT2D eigenvalue weighted by atomic mass is 10.2. The number of aromatic nitrogens is 2. The van der Waals surface area contributed by atoms with Gasteiger partial charge < -0.3 is 9.80 Å². The Morgan fingerprint density at radius 1 is 1.19 bits per heavy atom. The van der Waals surface area contributed by atoms with E-state index in [1.165, 1.54) is 4.68 Å². The predicted molar refractivity (Wildman–Crippen MR) is 123 cm³/mol. The molecule has 0 bridgehead atoms. The first-order chi connectivity index (χ1) is 15.2. The molecule has 1 aromatic heterocycles. The SMILES string of the molecule is CN(C(=O)CN1CCN(c2cnn(-c3ccccc3)c(=O)c2Cl)CC1)[C@@H]1CCS(=O)(=O)C1. The topological polar surface area (TPSA) is 95.8 Å². The van der Waals surface area contributed by atoms with Crippen molar-refractivity contribution in [2.24, 2.45) is 0 Å². The van der Waals surface area contributed by atoms with Crippen molar-refractivity contribution in [2.45, 2.75) is 12.5 Å². The third-order valence-electron chi connectivity index (χ3n) is 6.12. The zero-order valence-corrected chi connectivity index (χ0v) is 19.4. The van der Waals surface area contributed by atoms with E-state index < -0.39 is 9.84 Å². The van der Waals surface area contributed by atoms with E-state index in [2.05, 4.69) is 5.10 Å². The van der Waals surface area contributed by atoms with E-state index in [1.807, 2.05) is 28.0 Å². The van der Waals surface area contributed by atoms with Crippen molar-refractivity contribution < 1.29 is 13.2 Å². The predicted octanol–water partition coefficient (Wildman–Crippen LogP) is 0.653. The Labute approximate surface area is 192 Å². The molecule has 9 nitrogen and oxygen atoms in total. The van der Waals surface area contributed by atoms with Gasteiger partial charge in [0.05, 0.1) is 35.6 Å². The summed E-state index contributed by atoms with van der Waals surface area (Å²) in [6.45, 7) is 2.69. The molecule has 1 amide bonds. The molecule has 0 radical (unpaired) electrons. The first-order valence-electron chi connectivity index (χ1n) is 10.5. The fourth-order valence-corrected chi connectivity index (χ4v) is 6.15. The molecule has 2 aliphatic heterocycles. The third-order valence-corrected chi connectivity index (χ3v) is 8.23. The average molecular weight is 480 g/mol. The Hall–Kier alpha value is -2.43. The molecule has 0 saturated carbocycles. The number of likely N-dealkylation sites (N-methyl/N-ethyl adjacent to an activating group) is 1. The summed E-state index contributed by atoms with van der Waals surface area (Å²) < 4.78 is 24.7. The fourth-order valence-electron chi connectivity index (χ4n) is 4.13. The van der Waals surface area contributed by atoms with Gasteiger partial charge in [-0.2, -0.15) is 9.78 Å². The second kappa shape index (κ2) is 9.21. The monoisotopic (exact) mass is 479 g/mol. The lowest BCUT2D eigenvalue weighted by Gasteiger charge is -2.36. The number of amides is 1. The highest BCUT2D eigenvalue weighted by molar-refractivity contribution is 7.91. The largest absolute Gasteiger partial charge is 0.366 e. The molecule has 172 valence electrons. The molecule has 1 atom stereocenters. The summed E-state index contributed by atoms with van der Waals surface area (Å²) in [5.41, 5.74) is 0.859. The number of rotatable bonds is 5. The highest BCUT2D eigenvalue weighted by Gasteiger charge is 2.33.